The van der Waals surface area contributed by atoms with Crippen LogP contribution >= 0.6 is 0 Å². The Labute approximate surface area is 410 Å². The van der Waals surface area contributed by atoms with Crippen molar-refractivity contribution in [3.8, 4) is 28.2 Å². The number of hydrogen-bond donors (Lipinski definition) is 0. The van der Waals surface area contributed by atoms with Crippen LogP contribution in [0.4, 0.5) is 0 Å². The zero-order valence-electron chi connectivity index (χ0n) is 39.4. The van der Waals surface area contributed by atoms with Crippen molar-refractivity contribution in [2.75, 3.05) is 0 Å². The summed E-state index contributed by atoms with van der Waals surface area (Å²) in [6.07, 6.45) is 7.73. The average Bonchev–Trinajstić information content (AvgIpc) is 4.23. The van der Waals surface area contributed by atoms with E-state index in [0.717, 1.165) is 72.1 Å². The molecule has 0 fully saturated rings. The molecular formula is C66H47N3O2. The molecule has 0 N–H and O–H groups in total. The average molecular weight is 914 g/mol. The lowest BCUT2D eigenvalue weighted by Gasteiger charge is -2.13. The second-order valence-corrected chi connectivity index (χ2v) is 18.2. The Morgan fingerprint density at radius 1 is 0.380 bits per heavy atom. The van der Waals surface area contributed by atoms with E-state index in [1.165, 1.54) is 66.1 Å². The van der Waals surface area contributed by atoms with E-state index in [1.54, 1.807) is 6.08 Å². The van der Waals surface area contributed by atoms with Gasteiger partial charge in [-0.25, -0.2) is 0 Å². The van der Waals surface area contributed by atoms with Gasteiger partial charge in [-0.3, -0.25) is 0 Å². The molecule has 14 aromatic rings. The van der Waals surface area contributed by atoms with Gasteiger partial charge in [-0.05, 0) is 121 Å². The third-order valence-corrected chi connectivity index (χ3v) is 14.2. The molecule has 14 rings (SSSR count). The van der Waals surface area contributed by atoms with E-state index in [4.69, 9.17) is 8.83 Å². The molecule has 0 unspecified atom stereocenters. The second kappa shape index (κ2) is 16.7. The number of allylic oxidation sites excluding steroid dienone is 2. The lowest BCUT2D eigenvalue weighted by Crippen LogP contribution is -2.01. The molecule has 0 aliphatic rings. The standard InChI is InChI=1S/C48H28N2O2.C18H19N/c1-5-17-39-31(11-1)32-12-2-6-18-40(32)49(39)43-21-9-15-35-37-27-29(23-25-45(37)51-47(35)43)30-24-26-46-38(28-30)36-16-10-22-44(48(36)52-46)50-41-19-7-3-13-33(41)34-14-4-8-20-42(34)50;1-5-7-11-18-15(4)13-16(6-2)19(18)17-12-9-8-10-14(17)3/h1-28H;5-13H,1-2H2,3-4H3/b;11-7-. The second-order valence-electron chi connectivity index (χ2n) is 18.2. The summed E-state index contributed by atoms with van der Waals surface area (Å²) < 4.78 is 20.3. The summed E-state index contributed by atoms with van der Waals surface area (Å²) in [5.41, 5.74) is 18.5. The van der Waals surface area contributed by atoms with Crippen molar-refractivity contribution < 1.29 is 8.83 Å². The molecule has 338 valence electrons. The monoisotopic (exact) mass is 913 g/mol. The van der Waals surface area contributed by atoms with Gasteiger partial charge in [0.25, 0.3) is 0 Å². The zero-order valence-corrected chi connectivity index (χ0v) is 39.4. The van der Waals surface area contributed by atoms with Gasteiger partial charge in [0.05, 0.1) is 33.4 Å². The zero-order chi connectivity index (χ0) is 47.7. The maximum atomic E-state index is 6.68. The van der Waals surface area contributed by atoms with Gasteiger partial charge in [0.1, 0.15) is 11.2 Å². The fourth-order valence-corrected chi connectivity index (χ4v) is 10.9. The first-order chi connectivity index (χ1) is 35.0. The summed E-state index contributed by atoms with van der Waals surface area (Å²) in [5, 5.41) is 9.33. The van der Waals surface area contributed by atoms with E-state index < -0.39 is 0 Å². The van der Waals surface area contributed by atoms with Crippen LogP contribution < -0.4 is 0 Å². The number of furan rings is 2. The van der Waals surface area contributed by atoms with Crippen molar-refractivity contribution in [3.63, 3.8) is 0 Å². The summed E-state index contributed by atoms with van der Waals surface area (Å²) in [4.78, 5) is 0. The molecule has 5 nitrogen and oxygen atoms in total. The van der Waals surface area contributed by atoms with Crippen molar-refractivity contribution in [1.82, 2.24) is 13.7 Å². The molecule has 0 aliphatic heterocycles. The molecule has 0 atom stereocenters. The Bertz CT molecular complexity index is 4150. The fraction of sp³-hybridized carbons (Fsp3) is 0.0303. The highest BCUT2D eigenvalue weighted by molar-refractivity contribution is 6.15. The largest absolute Gasteiger partial charge is 0.454 e. The SMILES string of the molecule is C=C/C=C\c1c(C)cc(C=C)n1-c1ccccc1C.c1cc(-n2c3ccccc3c3ccccc32)c2oc3ccc(-c4ccc5oc6c(-n7c8ccccc8c8ccccc87)cccc6c5c4)cc3c2c1. The van der Waals surface area contributed by atoms with Crippen molar-refractivity contribution in [3.05, 3.63) is 248 Å². The van der Waals surface area contributed by atoms with Crippen LogP contribution in [0.15, 0.2) is 234 Å². The van der Waals surface area contributed by atoms with E-state index in [0.29, 0.717) is 0 Å². The number of para-hydroxylation sites is 7. The Morgan fingerprint density at radius 2 is 0.803 bits per heavy atom. The predicted molar refractivity (Wildman–Crippen MR) is 300 cm³/mol. The minimum atomic E-state index is 0.873. The van der Waals surface area contributed by atoms with Crippen molar-refractivity contribution in [2.24, 2.45) is 0 Å². The minimum absolute atomic E-state index is 0.873. The van der Waals surface area contributed by atoms with Gasteiger partial charge in [-0.2, -0.15) is 0 Å². The van der Waals surface area contributed by atoms with E-state index in [2.05, 4.69) is 247 Å². The molecule has 0 aliphatic carbocycles. The lowest BCUT2D eigenvalue weighted by atomic mass is 10.0. The topological polar surface area (TPSA) is 41.1 Å². The van der Waals surface area contributed by atoms with Crippen molar-refractivity contribution in [2.45, 2.75) is 13.8 Å². The Balaban J connectivity index is 0.000000219. The quantitative estimate of drug-likeness (QED) is 0.150. The number of aryl methyl sites for hydroxylation is 2. The van der Waals surface area contributed by atoms with Crippen LogP contribution in [0.5, 0.6) is 0 Å². The molecule has 71 heavy (non-hydrogen) atoms. The first kappa shape index (κ1) is 41.8. The first-order valence-corrected chi connectivity index (χ1v) is 24.1. The summed E-state index contributed by atoms with van der Waals surface area (Å²) >= 11 is 0. The van der Waals surface area contributed by atoms with Crippen LogP contribution in [0.25, 0.3) is 128 Å². The molecule has 5 heteroatoms. The molecule has 0 amide bonds. The van der Waals surface area contributed by atoms with Crippen LogP contribution in [0.1, 0.15) is 22.5 Å². The van der Waals surface area contributed by atoms with Gasteiger partial charge in [0, 0.05) is 60.2 Å². The molecule has 5 aromatic heterocycles. The van der Waals surface area contributed by atoms with E-state index in [-0.39, 0.29) is 0 Å². The summed E-state index contributed by atoms with van der Waals surface area (Å²) in [5.74, 6) is 0. The number of fused-ring (bicyclic) bond motifs is 12. The highest BCUT2D eigenvalue weighted by Crippen LogP contribution is 2.42. The van der Waals surface area contributed by atoms with Gasteiger partial charge >= 0.3 is 0 Å². The van der Waals surface area contributed by atoms with Gasteiger partial charge in [0.15, 0.2) is 11.2 Å². The van der Waals surface area contributed by atoms with Crippen molar-refractivity contribution >= 4 is 99.6 Å². The van der Waals surface area contributed by atoms with Gasteiger partial charge < -0.3 is 22.5 Å². The van der Waals surface area contributed by atoms with E-state index >= 15 is 0 Å². The van der Waals surface area contributed by atoms with Crippen LogP contribution in [-0.4, -0.2) is 13.7 Å². The number of aromatic nitrogens is 3. The molecule has 0 spiro atoms. The summed E-state index contributed by atoms with van der Waals surface area (Å²) in [6, 6.07) is 71.0. The molecule has 9 aromatic carbocycles. The molecule has 0 radical (unpaired) electrons. The molecule has 5 heterocycles. The number of hydrogen-bond acceptors (Lipinski definition) is 2. The Morgan fingerprint density at radius 3 is 1.25 bits per heavy atom. The Hall–Kier alpha value is -9.32. The van der Waals surface area contributed by atoms with E-state index in [1.807, 2.05) is 12.2 Å². The molecular weight excluding hydrogens is 867 g/mol. The van der Waals surface area contributed by atoms with Gasteiger partial charge in [-0.15, -0.1) is 0 Å². The highest BCUT2D eigenvalue weighted by atomic mass is 16.3. The van der Waals surface area contributed by atoms with Gasteiger partial charge in [0.2, 0.25) is 0 Å². The third kappa shape index (κ3) is 6.62. The first-order valence-electron chi connectivity index (χ1n) is 24.1. The minimum Gasteiger partial charge on any atom is -0.454 e. The van der Waals surface area contributed by atoms with Crippen molar-refractivity contribution in [1.29, 1.82) is 0 Å². The normalized spacial score (nSPS) is 11.9. The lowest BCUT2D eigenvalue weighted by molar-refractivity contribution is 0.666. The summed E-state index contributed by atoms with van der Waals surface area (Å²) in [6.45, 7) is 11.9. The smallest absolute Gasteiger partial charge is 0.159 e. The predicted octanol–water partition coefficient (Wildman–Crippen LogP) is 18.3. The molecule has 0 saturated carbocycles. The van der Waals surface area contributed by atoms with Crippen LogP contribution in [-0.2, 0) is 0 Å². The van der Waals surface area contributed by atoms with Crippen LogP contribution in [0.3, 0.4) is 0 Å². The van der Waals surface area contributed by atoms with E-state index in [9.17, 15) is 0 Å². The number of benzene rings is 9. The van der Waals surface area contributed by atoms with Gasteiger partial charge in [-0.1, -0.05) is 153 Å². The molecule has 0 saturated heterocycles. The number of rotatable bonds is 7. The summed E-state index contributed by atoms with van der Waals surface area (Å²) in [7, 11) is 0. The van der Waals surface area contributed by atoms with Crippen LogP contribution in [0.2, 0.25) is 0 Å². The highest BCUT2D eigenvalue weighted by Gasteiger charge is 2.20. The third-order valence-electron chi connectivity index (χ3n) is 14.2. The molecule has 0 bridgehead atoms. The maximum absolute atomic E-state index is 6.68. The number of nitrogens with zero attached hydrogens (tertiary/aromatic N) is 3. The van der Waals surface area contributed by atoms with Crippen LogP contribution in [0, 0.1) is 13.8 Å². The maximum Gasteiger partial charge on any atom is 0.159 e. The fourth-order valence-electron chi connectivity index (χ4n) is 10.9. The Kier molecular flexibility index (Phi) is 9.85.